The van der Waals surface area contributed by atoms with Gasteiger partial charge in [-0.05, 0) is 62.9 Å². The first-order chi connectivity index (χ1) is 10.9. The fourth-order valence-corrected chi connectivity index (χ4v) is 2.94. The Morgan fingerprint density at radius 1 is 1.22 bits per heavy atom. The molecule has 1 aromatic rings. The topological polar surface area (TPSA) is 12.5 Å². The van der Waals surface area contributed by atoms with E-state index in [1.165, 1.54) is 12.1 Å². The second-order valence-corrected chi connectivity index (χ2v) is 6.11. The second-order valence-electron chi connectivity index (χ2n) is 6.11. The van der Waals surface area contributed by atoms with Crippen LogP contribution >= 0.6 is 0 Å². The maximum Gasteiger partial charge on any atom is 0.419 e. The van der Waals surface area contributed by atoms with Gasteiger partial charge in [-0.25, -0.2) is 4.39 Å². The zero-order valence-corrected chi connectivity index (χ0v) is 13.3. The van der Waals surface area contributed by atoms with Crippen LogP contribution in [-0.2, 0) is 6.18 Å². The van der Waals surface area contributed by atoms with Crippen molar-refractivity contribution in [1.82, 2.24) is 4.90 Å². The van der Waals surface area contributed by atoms with E-state index in [0.29, 0.717) is 12.5 Å². The van der Waals surface area contributed by atoms with Crippen LogP contribution in [0.2, 0.25) is 0 Å². The summed E-state index contributed by atoms with van der Waals surface area (Å²) in [7, 11) is 0. The molecule has 1 saturated heterocycles. The summed E-state index contributed by atoms with van der Waals surface area (Å²) >= 11 is 0. The molecule has 0 aromatic heterocycles. The lowest BCUT2D eigenvalue weighted by Gasteiger charge is -2.31. The number of benzene rings is 1. The van der Waals surface area contributed by atoms with Crippen molar-refractivity contribution >= 4 is 0 Å². The van der Waals surface area contributed by atoms with Crippen LogP contribution in [0.15, 0.2) is 18.2 Å². The standard InChI is InChI=1S/C17H23F4NO/c1-13-2-3-15(17(19,20)21)16(12-13)23-11-6-14-4-8-22(9-5-14)10-7-18/h2-3,12,14H,4-11H2,1H3. The average molecular weight is 333 g/mol. The van der Waals surface area contributed by atoms with E-state index < -0.39 is 11.7 Å². The molecule has 1 heterocycles. The van der Waals surface area contributed by atoms with Crippen LogP contribution in [-0.4, -0.2) is 37.8 Å². The Hall–Kier alpha value is -1.30. The summed E-state index contributed by atoms with van der Waals surface area (Å²) in [4.78, 5) is 2.08. The summed E-state index contributed by atoms with van der Waals surface area (Å²) in [5.74, 6) is 0.345. The van der Waals surface area contributed by atoms with Crippen LogP contribution in [0.3, 0.4) is 0 Å². The fourth-order valence-electron chi connectivity index (χ4n) is 2.94. The third-order valence-electron chi connectivity index (χ3n) is 4.33. The van der Waals surface area contributed by atoms with Gasteiger partial charge >= 0.3 is 6.18 Å². The van der Waals surface area contributed by atoms with E-state index in [-0.39, 0.29) is 19.0 Å². The second kappa shape index (κ2) is 7.99. The monoisotopic (exact) mass is 333 g/mol. The molecule has 0 saturated carbocycles. The molecule has 1 aromatic carbocycles. The molecule has 0 bridgehead atoms. The van der Waals surface area contributed by atoms with Gasteiger partial charge in [-0.3, -0.25) is 0 Å². The summed E-state index contributed by atoms with van der Waals surface area (Å²) in [5.41, 5.74) is 0.0217. The number of halogens is 4. The maximum absolute atomic E-state index is 13.0. The number of aryl methyl sites for hydroxylation is 1. The van der Waals surface area contributed by atoms with E-state index in [1.807, 2.05) is 0 Å². The van der Waals surface area contributed by atoms with Gasteiger partial charge in [0.2, 0.25) is 0 Å². The van der Waals surface area contributed by atoms with E-state index in [4.69, 9.17) is 4.74 Å². The normalized spacial score (nSPS) is 17.4. The summed E-state index contributed by atoms with van der Waals surface area (Å²) in [6.07, 6.45) is -1.78. The molecule has 0 aliphatic carbocycles. The van der Waals surface area contributed by atoms with Gasteiger partial charge in [-0.1, -0.05) is 6.07 Å². The number of alkyl halides is 4. The Morgan fingerprint density at radius 3 is 2.52 bits per heavy atom. The Kier molecular flexibility index (Phi) is 6.27. The molecule has 0 unspecified atom stereocenters. The molecule has 2 rings (SSSR count). The molecule has 2 nitrogen and oxygen atoms in total. The molecule has 0 N–H and O–H groups in total. The Labute approximate surface area is 134 Å². The van der Waals surface area contributed by atoms with E-state index in [0.717, 1.165) is 44.0 Å². The Morgan fingerprint density at radius 2 is 1.91 bits per heavy atom. The predicted octanol–water partition coefficient (Wildman–Crippen LogP) is 4.46. The van der Waals surface area contributed by atoms with Gasteiger partial charge in [0.05, 0.1) is 12.2 Å². The summed E-state index contributed by atoms with van der Waals surface area (Å²) in [5, 5.41) is 0. The first-order valence-electron chi connectivity index (χ1n) is 7.99. The van der Waals surface area contributed by atoms with Crippen LogP contribution < -0.4 is 4.74 Å². The van der Waals surface area contributed by atoms with Crippen LogP contribution in [0.4, 0.5) is 17.6 Å². The molecule has 0 amide bonds. The van der Waals surface area contributed by atoms with Crippen molar-refractivity contribution in [3.63, 3.8) is 0 Å². The van der Waals surface area contributed by atoms with Gasteiger partial charge in [-0.2, -0.15) is 13.2 Å². The number of hydrogen-bond donors (Lipinski definition) is 0. The largest absolute Gasteiger partial charge is 0.493 e. The smallest absolute Gasteiger partial charge is 0.419 e. The minimum Gasteiger partial charge on any atom is -0.493 e. The average Bonchev–Trinajstić information content (AvgIpc) is 2.48. The molecular formula is C17H23F4NO. The minimum absolute atomic E-state index is 0.0904. The van der Waals surface area contributed by atoms with Gasteiger partial charge in [0.25, 0.3) is 0 Å². The molecule has 0 spiro atoms. The highest BCUT2D eigenvalue weighted by Gasteiger charge is 2.34. The van der Waals surface area contributed by atoms with E-state index in [9.17, 15) is 17.6 Å². The number of rotatable bonds is 6. The van der Waals surface area contributed by atoms with Crippen LogP contribution in [0.1, 0.15) is 30.4 Å². The van der Waals surface area contributed by atoms with Crippen molar-refractivity contribution in [3.05, 3.63) is 29.3 Å². The molecule has 130 valence electrons. The maximum atomic E-state index is 13.0. The van der Waals surface area contributed by atoms with Crippen molar-refractivity contribution in [2.45, 2.75) is 32.4 Å². The number of hydrogen-bond acceptors (Lipinski definition) is 2. The molecular weight excluding hydrogens is 310 g/mol. The molecule has 23 heavy (non-hydrogen) atoms. The zero-order valence-electron chi connectivity index (χ0n) is 13.3. The van der Waals surface area contributed by atoms with Crippen molar-refractivity contribution < 1.29 is 22.3 Å². The lowest BCUT2D eigenvalue weighted by molar-refractivity contribution is -0.139. The molecule has 0 radical (unpaired) electrons. The van der Waals surface area contributed by atoms with E-state index in [2.05, 4.69) is 4.90 Å². The van der Waals surface area contributed by atoms with Crippen molar-refractivity contribution in [2.24, 2.45) is 5.92 Å². The number of likely N-dealkylation sites (tertiary alicyclic amines) is 1. The minimum atomic E-state index is -4.40. The third-order valence-corrected chi connectivity index (χ3v) is 4.33. The fraction of sp³-hybridized carbons (Fsp3) is 0.647. The summed E-state index contributed by atoms with van der Waals surface area (Å²) < 4.78 is 56.6. The van der Waals surface area contributed by atoms with Crippen molar-refractivity contribution in [1.29, 1.82) is 0 Å². The molecule has 1 aliphatic rings. The highest BCUT2D eigenvalue weighted by molar-refractivity contribution is 5.39. The molecule has 1 fully saturated rings. The summed E-state index contributed by atoms with van der Waals surface area (Å²) in [6, 6.07) is 3.95. The van der Waals surface area contributed by atoms with Crippen LogP contribution in [0, 0.1) is 12.8 Å². The van der Waals surface area contributed by atoms with Gasteiger partial charge in [0, 0.05) is 6.54 Å². The predicted molar refractivity (Wildman–Crippen MR) is 81.4 cm³/mol. The van der Waals surface area contributed by atoms with E-state index in [1.54, 1.807) is 6.92 Å². The van der Waals surface area contributed by atoms with Crippen LogP contribution in [0.25, 0.3) is 0 Å². The van der Waals surface area contributed by atoms with Gasteiger partial charge in [-0.15, -0.1) is 0 Å². The Balaban J connectivity index is 1.84. The summed E-state index contributed by atoms with van der Waals surface area (Å²) in [6.45, 7) is 3.87. The zero-order chi connectivity index (χ0) is 16.9. The van der Waals surface area contributed by atoms with Gasteiger partial charge in [0.1, 0.15) is 12.4 Å². The first kappa shape index (κ1) is 18.0. The Bertz CT molecular complexity index is 496. The van der Waals surface area contributed by atoms with Gasteiger partial charge < -0.3 is 9.64 Å². The van der Waals surface area contributed by atoms with Crippen LogP contribution in [0.5, 0.6) is 5.75 Å². The lowest BCUT2D eigenvalue weighted by Crippen LogP contribution is -2.35. The first-order valence-corrected chi connectivity index (χ1v) is 7.99. The van der Waals surface area contributed by atoms with Crippen molar-refractivity contribution in [3.8, 4) is 5.75 Å². The SMILES string of the molecule is Cc1ccc(C(F)(F)F)c(OCCC2CCN(CCF)CC2)c1. The lowest BCUT2D eigenvalue weighted by atomic mass is 9.94. The number of piperidine rings is 1. The van der Waals surface area contributed by atoms with Crippen molar-refractivity contribution in [2.75, 3.05) is 32.9 Å². The van der Waals surface area contributed by atoms with Gasteiger partial charge in [0.15, 0.2) is 0 Å². The number of nitrogens with zero attached hydrogens (tertiary/aromatic N) is 1. The third kappa shape index (κ3) is 5.37. The highest BCUT2D eigenvalue weighted by atomic mass is 19.4. The highest BCUT2D eigenvalue weighted by Crippen LogP contribution is 2.36. The molecule has 1 aliphatic heterocycles. The molecule has 0 atom stereocenters. The van der Waals surface area contributed by atoms with E-state index >= 15 is 0 Å². The quantitative estimate of drug-likeness (QED) is 0.713. The number of ether oxygens (including phenoxy) is 1. The molecule has 6 heteroatoms.